The van der Waals surface area contributed by atoms with Crippen molar-refractivity contribution < 1.29 is 13.2 Å². The summed E-state index contributed by atoms with van der Waals surface area (Å²) in [6.45, 7) is 0. The van der Waals surface area contributed by atoms with Crippen molar-refractivity contribution in [2.24, 2.45) is 0 Å². The van der Waals surface area contributed by atoms with Crippen LogP contribution in [0.25, 0.3) is 0 Å². The highest BCUT2D eigenvalue weighted by Gasteiger charge is 2.35. The molecule has 0 aromatic carbocycles. The molecule has 2 N–H and O–H groups in total. The van der Waals surface area contributed by atoms with Crippen LogP contribution < -0.4 is 5.73 Å². The fraction of sp³-hybridized carbons (Fsp3) is 0.200. The molecule has 1 aromatic heterocycles. The molecule has 0 amide bonds. The van der Waals surface area contributed by atoms with E-state index in [2.05, 4.69) is 25.9 Å². The van der Waals surface area contributed by atoms with E-state index < -0.39 is 17.7 Å². The molecular formula is C5H3BrF3N3. The van der Waals surface area contributed by atoms with Crippen molar-refractivity contribution in [3.05, 3.63) is 16.5 Å². The van der Waals surface area contributed by atoms with Gasteiger partial charge >= 0.3 is 6.18 Å². The molecule has 0 aliphatic heterocycles. The molecule has 12 heavy (non-hydrogen) atoms. The van der Waals surface area contributed by atoms with Crippen molar-refractivity contribution in [3.63, 3.8) is 0 Å². The molecule has 3 nitrogen and oxygen atoms in total. The number of anilines is 1. The van der Waals surface area contributed by atoms with Gasteiger partial charge in [0.15, 0.2) is 11.5 Å². The lowest BCUT2D eigenvalue weighted by Crippen LogP contribution is -2.12. The van der Waals surface area contributed by atoms with Gasteiger partial charge in [0.05, 0.1) is 6.20 Å². The summed E-state index contributed by atoms with van der Waals surface area (Å²) >= 11 is 2.84. The molecule has 0 aliphatic carbocycles. The van der Waals surface area contributed by atoms with Crippen LogP contribution in [0.5, 0.6) is 0 Å². The molecule has 1 heterocycles. The van der Waals surface area contributed by atoms with Crippen molar-refractivity contribution in [3.8, 4) is 0 Å². The van der Waals surface area contributed by atoms with E-state index >= 15 is 0 Å². The van der Waals surface area contributed by atoms with Gasteiger partial charge in [-0.3, -0.25) is 0 Å². The zero-order valence-electron chi connectivity index (χ0n) is 5.56. The van der Waals surface area contributed by atoms with Gasteiger partial charge in [-0.15, -0.1) is 0 Å². The van der Waals surface area contributed by atoms with E-state index in [1.807, 2.05) is 0 Å². The Kier molecular flexibility index (Phi) is 2.22. The number of aromatic nitrogens is 2. The second kappa shape index (κ2) is 2.89. The van der Waals surface area contributed by atoms with Gasteiger partial charge in [-0.05, 0) is 15.9 Å². The first kappa shape index (κ1) is 9.24. The summed E-state index contributed by atoms with van der Waals surface area (Å²) in [4.78, 5) is 6.44. The van der Waals surface area contributed by atoms with Gasteiger partial charge in [-0.25, -0.2) is 9.97 Å². The topological polar surface area (TPSA) is 51.8 Å². The Labute approximate surface area is 73.9 Å². The van der Waals surface area contributed by atoms with Crippen LogP contribution >= 0.6 is 15.9 Å². The van der Waals surface area contributed by atoms with Crippen LogP contribution in [-0.4, -0.2) is 9.97 Å². The third-order valence-electron chi connectivity index (χ3n) is 1.04. The van der Waals surface area contributed by atoms with Crippen LogP contribution in [0, 0.1) is 0 Å². The molecule has 1 aromatic rings. The minimum atomic E-state index is -4.54. The van der Waals surface area contributed by atoms with E-state index in [0.717, 1.165) is 6.20 Å². The highest BCUT2D eigenvalue weighted by atomic mass is 79.9. The van der Waals surface area contributed by atoms with E-state index in [1.54, 1.807) is 0 Å². The van der Waals surface area contributed by atoms with Crippen LogP contribution in [0.3, 0.4) is 0 Å². The molecule has 0 spiro atoms. The van der Waals surface area contributed by atoms with Crippen molar-refractivity contribution >= 4 is 21.7 Å². The van der Waals surface area contributed by atoms with Gasteiger partial charge in [0.1, 0.15) is 4.60 Å². The molecule has 0 bridgehead atoms. The Morgan fingerprint density at radius 1 is 1.42 bits per heavy atom. The molecule has 0 aliphatic rings. The molecule has 0 saturated carbocycles. The fourth-order valence-corrected chi connectivity index (χ4v) is 0.893. The first-order valence-electron chi connectivity index (χ1n) is 2.76. The summed E-state index contributed by atoms with van der Waals surface area (Å²) < 4.78 is 36.1. The first-order chi connectivity index (χ1) is 5.41. The van der Waals surface area contributed by atoms with E-state index in [9.17, 15) is 13.2 Å². The van der Waals surface area contributed by atoms with Crippen molar-refractivity contribution in [2.75, 3.05) is 5.73 Å². The summed E-state index contributed by atoms with van der Waals surface area (Å²) in [6.07, 6.45) is -3.60. The maximum Gasteiger partial charge on any atom is 0.437 e. The highest BCUT2D eigenvalue weighted by Crippen LogP contribution is 2.30. The lowest BCUT2D eigenvalue weighted by Gasteiger charge is -2.06. The third-order valence-corrected chi connectivity index (χ3v) is 1.42. The minimum Gasteiger partial charge on any atom is -0.382 e. The van der Waals surface area contributed by atoms with E-state index in [-0.39, 0.29) is 4.60 Å². The zero-order chi connectivity index (χ0) is 9.35. The number of halogens is 4. The Hall–Kier alpha value is -0.850. The Morgan fingerprint density at radius 3 is 2.42 bits per heavy atom. The maximum absolute atomic E-state index is 12.0. The Balaban J connectivity index is 3.19. The summed E-state index contributed by atoms with van der Waals surface area (Å²) in [5, 5.41) is 0. The lowest BCUT2D eigenvalue weighted by atomic mass is 10.4. The number of nitrogens with two attached hydrogens (primary N) is 1. The molecule has 0 unspecified atom stereocenters. The molecule has 0 fully saturated rings. The van der Waals surface area contributed by atoms with Gasteiger partial charge in [0, 0.05) is 0 Å². The maximum atomic E-state index is 12.0. The van der Waals surface area contributed by atoms with Crippen molar-refractivity contribution in [2.45, 2.75) is 6.18 Å². The third kappa shape index (κ3) is 1.84. The predicted octanol–water partition coefficient (Wildman–Crippen LogP) is 1.84. The number of nitrogens with zero attached hydrogens (tertiary/aromatic N) is 2. The normalized spacial score (nSPS) is 11.7. The van der Waals surface area contributed by atoms with Crippen LogP contribution in [0.4, 0.5) is 19.0 Å². The fourth-order valence-electron chi connectivity index (χ4n) is 0.599. The average Bonchev–Trinajstić information content (AvgIpc) is 1.83. The number of nitrogen functional groups attached to an aromatic ring is 1. The molecule has 0 saturated heterocycles. The second-order valence-corrected chi connectivity index (χ2v) is 2.74. The minimum absolute atomic E-state index is 0.174. The summed E-state index contributed by atoms with van der Waals surface area (Å²) in [5.41, 5.74) is 3.82. The van der Waals surface area contributed by atoms with Crippen LogP contribution in [0.15, 0.2) is 10.8 Å². The van der Waals surface area contributed by atoms with Gasteiger partial charge < -0.3 is 5.73 Å². The largest absolute Gasteiger partial charge is 0.437 e. The molecular weight excluding hydrogens is 239 g/mol. The predicted molar refractivity (Wildman–Crippen MR) is 39.1 cm³/mol. The monoisotopic (exact) mass is 241 g/mol. The van der Waals surface area contributed by atoms with E-state index in [4.69, 9.17) is 5.73 Å². The van der Waals surface area contributed by atoms with Crippen molar-refractivity contribution in [1.29, 1.82) is 0 Å². The van der Waals surface area contributed by atoms with Gasteiger partial charge in [-0.1, -0.05) is 0 Å². The molecule has 66 valence electrons. The first-order valence-corrected chi connectivity index (χ1v) is 3.56. The van der Waals surface area contributed by atoms with E-state index in [0.29, 0.717) is 0 Å². The summed E-state index contributed by atoms with van der Waals surface area (Å²) in [7, 11) is 0. The number of hydrogen-bond donors (Lipinski definition) is 1. The zero-order valence-corrected chi connectivity index (χ0v) is 7.15. The number of hydrogen-bond acceptors (Lipinski definition) is 3. The van der Waals surface area contributed by atoms with Gasteiger partial charge in [0.2, 0.25) is 0 Å². The molecule has 0 radical (unpaired) electrons. The quantitative estimate of drug-likeness (QED) is 0.755. The van der Waals surface area contributed by atoms with Crippen molar-refractivity contribution in [1.82, 2.24) is 9.97 Å². The smallest absolute Gasteiger partial charge is 0.382 e. The molecule has 7 heteroatoms. The van der Waals surface area contributed by atoms with E-state index in [1.165, 1.54) is 0 Å². The van der Waals surface area contributed by atoms with Crippen LogP contribution in [0.1, 0.15) is 5.69 Å². The van der Waals surface area contributed by atoms with Crippen LogP contribution in [0.2, 0.25) is 0 Å². The number of rotatable bonds is 0. The SMILES string of the molecule is Nc1nc(Br)cnc1C(F)(F)F. The lowest BCUT2D eigenvalue weighted by molar-refractivity contribution is -0.140. The second-order valence-electron chi connectivity index (χ2n) is 1.92. The molecule has 1 rings (SSSR count). The van der Waals surface area contributed by atoms with Crippen LogP contribution in [-0.2, 0) is 6.18 Å². The average molecular weight is 242 g/mol. The summed E-state index contributed by atoms with van der Waals surface area (Å²) in [6, 6.07) is 0. The number of alkyl halides is 3. The Morgan fingerprint density at radius 2 is 2.00 bits per heavy atom. The van der Waals surface area contributed by atoms with Gasteiger partial charge in [-0.2, -0.15) is 13.2 Å². The standard InChI is InChI=1S/C5H3BrF3N3/c6-2-1-11-3(4(10)12-2)5(7,8)9/h1H,(H2,10,12). The summed E-state index contributed by atoms with van der Waals surface area (Å²) in [5.74, 6) is -0.628. The van der Waals surface area contributed by atoms with Gasteiger partial charge in [0.25, 0.3) is 0 Å². The Bertz CT molecular complexity index is 298. The highest BCUT2D eigenvalue weighted by molar-refractivity contribution is 9.10. The molecule has 0 atom stereocenters.